The summed E-state index contributed by atoms with van der Waals surface area (Å²) in [6.07, 6.45) is 1.03. The number of hydrogen-bond acceptors (Lipinski definition) is 5. The van der Waals surface area contributed by atoms with E-state index < -0.39 is 0 Å². The van der Waals surface area contributed by atoms with Gasteiger partial charge in [0.05, 0.1) is 0 Å². The van der Waals surface area contributed by atoms with E-state index in [1.807, 2.05) is 22.7 Å². The zero-order chi connectivity index (χ0) is 13.7. The molecule has 1 aromatic rings. The Morgan fingerprint density at radius 3 is 3.00 bits per heavy atom. The molecular formula is C13H20N4OS. The van der Waals surface area contributed by atoms with Gasteiger partial charge >= 0.3 is 0 Å². The van der Waals surface area contributed by atoms with Crippen LogP contribution in [0.5, 0.6) is 0 Å². The van der Waals surface area contributed by atoms with Crippen LogP contribution in [-0.4, -0.2) is 51.6 Å². The summed E-state index contributed by atoms with van der Waals surface area (Å²) in [5.41, 5.74) is 0.432. The van der Waals surface area contributed by atoms with Crippen LogP contribution in [0.15, 0.2) is 12.1 Å². The molecule has 0 aliphatic carbocycles. The van der Waals surface area contributed by atoms with Crippen molar-refractivity contribution >= 4 is 23.5 Å². The van der Waals surface area contributed by atoms with Gasteiger partial charge in [-0.05, 0) is 18.6 Å². The molecule has 0 radical (unpaired) electrons. The summed E-state index contributed by atoms with van der Waals surface area (Å²) in [6, 6.07) is 3.57. The lowest BCUT2D eigenvalue weighted by molar-refractivity contribution is 0.0756. The highest BCUT2D eigenvalue weighted by Crippen LogP contribution is 2.19. The molecule has 1 saturated heterocycles. The summed E-state index contributed by atoms with van der Waals surface area (Å²) in [5.74, 6) is 1.71. The zero-order valence-electron chi connectivity index (χ0n) is 11.4. The quantitative estimate of drug-likeness (QED) is 0.912. The van der Waals surface area contributed by atoms with Crippen LogP contribution in [0.1, 0.15) is 30.8 Å². The van der Waals surface area contributed by atoms with Gasteiger partial charge in [0.25, 0.3) is 5.91 Å². The normalized spacial score (nSPS) is 19.3. The summed E-state index contributed by atoms with van der Waals surface area (Å²) < 4.78 is 0. The van der Waals surface area contributed by atoms with Crippen LogP contribution in [0.3, 0.4) is 0 Å². The van der Waals surface area contributed by atoms with Crippen molar-refractivity contribution in [3.05, 3.63) is 17.8 Å². The topological polar surface area (TPSA) is 58.1 Å². The molecule has 1 aliphatic heterocycles. The summed E-state index contributed by atoms with van der Waals surface area (Å²) in [5, 5.41) is 11.7. The number of thioether (sulfide) groups is 1. The Labute approximate surface area is 118 Å². The van der Waals surface area contributed by atoms with E-state index in [0.717, 1.165) is 37.6 Å². The van der Waals surface area contributed by atoms with Crippen LogP contribution in [0.4, 0.5) is 5.82 Å². The summed E-state index contributed by atoms with van der Waals surface area (Å²) in [4.78, 5) is 14.1. The third kappa shape index (κ3) is 3.83. The van der Waals surface area contributed by atoms with Gasteiger partial charge in [0.15, 0.2) is 5.69 Å². The average molecular weight is 280 g/mol. The van der Waals surface area contributed by atoms with Gasteiger partial charge in [-0.2, -0.15) is 11.8 Å². The van der Waals surface area contributed by atoms with Crippen molar-refractivity contribution in [2.45, 2.75) is 25.5 Å². The average Bonchev–Trinajstić information content (AvgIpc) is 2.45. The Morgan fingerprint density at radius 1 is 1.53 bits per heavy atom. The molecule has 0 spiro atoms. The second-order valence-electron chi connectivity index (χ2n) is 4.66. The minimum absolute atomic E-state index is 0.0123. The highest BCUT2D eigenvalue weighted by molar-refractivity contribution is 7.99. The highest BCUT2D eigenvalue weighted by Gasteiger charge is 2.23. The predicted molar refractivity (Wildman–Crippen MR) is 78.6 cm³/mol. The molecule has 1 aromatic heterocycles. The third-order valence-electron chi connectivity index (χ3n) is 2.97. The molecule has 1 fully saturated rings. The monoisotopic (exact) mass is 280 g/mol. The molecule has 19 heavy (non-hydrogen) atoms. The van der Waals surface area contributed by atoms with E-state index in [2.05, 4.69) is 29.4 Å². The van der Waals surface area contributed by atoms with Gasteiger partial charge < -0.3 is 10.2 Å². The van der Waals surface area contributed by atoms with Crippen LogP contribution >= 0.6 is 11.8 Å². The maximum Gasteiger partial charge on any atom is 0.274 e. The Bertz CT molecular complexity index is 423. The van der Waals surface area contributed by atoms with E-state index >= 15 is 0 Å². The minimum Gasteiger partial charge on any atom is -0.369 e. The number of carbonyl (C=O) groups is 1. The lowest BCUT2D eigenvalue weighted by Gasteiger charge is -2.30. The molecule has 1 unspecified atom stereocenters. The lowest BCUT2D eigenvalue weighted by atomic mass is 10.3. The Kier molecular flexibility index (Phi) is 5.01. The first-order valence-corrected chi connectivity index (χ1v) is 7.74. The molecule has 0 bridgehead atoms. The summed E-state index contributed by atoms with van der Waals surface area (Å²) in [6.45, 7) is 6.69. The van der Waals surface area contributed by atoms with E-state index in [-0.39, 0.29) is 5.91 Å². The van der Waals surface area contributed by atoms with Crippen molar-refractivity contribution in [2.75, 3.05) is 30.7 Å². The number of nitrogens with one attached hydrogen (secondary N) is 1. The maximum atomic E-state index is 12.3. The van der Waals surface area contributed by atoms with E-state index in [9.17, 15) is 4.79 Å². The molecule has 0 saturated carbocycles. The first kappa shape index (κ1) is 14.1. The molecule has 0 aromatic carbocycles. The van der Waals surface area contributed by atoms with Crippen LogP contribution in [0, 0.1) is 0 Å². The van der Waals surface area contributed by atoms with Crippen LogP contribution in [0.2, 0.25) is 0 Å². The SMILES string of the molecule is CCCNc1ccc(C(=O)N2CCSC(C)C2)nn1. The number of nitrogens with zero attached hydrogens (tertiary/aromatic N) is 3. The van der Waals surface area contributed by atoms with Crippen molar-refractivity contribution in [1.29, 1.82) is 0 Å². The molecule has 6 heteroatoms. The van der Waals surface area contributed by atoms with Crippen LogP contribution in [-0.2, 0) is 0 Å². The van der Waals surface area contributed by atoms with E-state index in [0.29, 0.717) is 10.9 Å². The van der Waals surface area contributed by atoms with Gasteiger partial charge in [-0.1, -0.05) is 13.8 Å². The van der Waals surface area contributed by atoms with Gasteiger partial charge in [0.2, 0.25) is 0 Å². The Balaban J connectivity index is 1.98. The van der Waals surface area contributed by atoms with Gasteiger partial charge in [-0.15, -0.1) is 10.2 Å². The summed E-state index contributed by atoms with van der Waals surface area (Å²) in [7, 11) is 0. The first-order chi connectivity index (χ1) is 9.20. The molecule has 1 aliphatic rings. The largest absolute Gasteiger partial charge is 0.369 e. The molecule has 1 N–H and O–H groups in total. The van der Waals surface area contributed by atoms with Gasteiger partial charge in [-0.25, -0.2) is 0 Å². The van der Waals surface area contributed by atoms with E-state index in [4.69, 9.17) is 0 Å². The summed E-state index contributed by atoms with van der Waals surface area (Å²) >= 11 is 1.91. The number of carbonyl (C=O) groups excluding carboxylic acids is 1. The van der Waals surface area contributed by atoms with Crippen LogP contribution < -0.4 is 5.32 Å². The van der Waals surface area contributed by atoms with E-state index in [1.54, 1.807) is 6.07 Å². The van der Waals surface area contributed by atoms with Gasteiger partial charge in [-0.3, -0.25) is 4.79 Å². The van der Waals surface area contributed by atoms with E-state index in [1.165, 1.54) is 0 Å². The molecule has 1 atom stereocenters. The molecule has 5 nitrogen and oxygen atoms in total. The molecule has 2 rings (SSSR count). The standard InChI is InChI=1S/C13H20N4OS/c1-3-6-14-12-5-4-11(15-16-12)13(18)17-7-8-19-10(2)9-17/h4-5,10H,3,6-9H2,1-2H3,(H,14,16). The fourth-order valence-electron chi connectivity index (χ4n) is 1.96. The zero-order valence-corrected chi connectivity index (χ0v) is 12.2. The number of anilines is 1. The Hall–Kier alpha value is -1.30. The number of hydrogen-bond donors (Lipinski definition) is 1. The fourth-order valence-corrected chi connectivity index (χ4v) is 2.97. The first-order valence-electron chi connectivity index (χ1n) is 6.69. The van der Waals surface area contributed by atoms with Gasteiger partial charge in [0, 0.05) is 30.6 Å². The molecular weight excluding hydrogens is 260 g/mol. The number of rotatable bonds is 4. The second kappa shape index (κ2) is 6.75. The lowest BCUT2D eigenvalue weighted by Crippen LogP contribution is -2.41. The molecule has 2 heterocycles. The minimum atomic E-state index is -0.0123. The predicted octanol–water partition coefficient (Wildman–Crippen LogP) is 1.88. The second-order valence-corrected chi connectivity index (χ2v) is 6.21. The van der Waals surface area contributed by atoms with Crippen LogP contribution in [0.25, 0.3) is 0 Å². The van der Waals surface area contributed by atoms with Crippen molar-refractivity contribution in [3.63, 3.8) is 0 Å². The van der Waals surface area contributed by atoms with Crippen molar-refractivity contribution < 1.29 is 4.79 Å². The highest BCUT2D eigenvalue weighted by atomic mass is 32.2. The Morgan fingerprint density at radius 2 is 2.37 bits per heavy atom. The maximum absolute atomic E-state index is 12.3. The fraction of sp³-hybridized carbons (Fsp3) is 0.615. The number of aromatic nitrogens is 2. The smallest absolute Gasteiger partial charge is 0.274 e. The third-order valence-corrected chi connectivity index (χ3v) is 4.10. The molecule has 104 valence electrons. The van der Waals surface area contributed by atoms with Crippen molar-refractivity contribution in [3.8, 4) is 0 Å². The van der Waals surface area contributed by atoms with Gasteiger partial charge in [0.1, 0.15) is 5.82 Å². The number of amides is 1. The van der Waals surface area contributed by atoms with Crippen molar-refractivity contribution in [1.82, 2.24) is 15.1 Å². The van der Waals surface area contributed by atoms with Crippen molar-refractivity contribution in [2.24, 2.45) is 0 Å². The molecule has 1 amide bonds.